The van der Waals surface area contributed by atoms with Gasteiger partial charge in [-0.15, -0.1) is 0 Å². The van der Waals surface area contributed by atoms with Gasteiger partial charge in [-0.3, -0.25) is 4.79 Å². The summed E-state index contributed by atoms with van der Waals surface area (Å²) in [6.07, 6.45) is 5.94. The van der Waals surface area contributed by atoms with Crippen molar-refractivity contribution < 1.29 is 9.53 Å². The molecule has 0 bridgehead atoms. The van der Waals surface area contributed by atoms with Crippen LogP contribution >= 0.6 is 15.9 Å². The van der Waals surface area contributed by atoms with Crippen molar-refractivity contribution in [2.24, 2.45) is 5.92 Å². The molecule has 4 unspecified atom stereocenters. The quantitative estimate of drug-likeness (QED) is 0.734. The summed E-state index contributed by atoms with van der Waals surface area (Å²) >= 11 is 3.72. The van der Waals surface area contributed by atoms with E-state index in [1.807, 2.05) is 18.9 Å². The van der Waals surface area contributed by atoms with Crippen molar-refractivity contribution in [2.45, 2.75) is 56.0 Å². The molecule has 0 spiro atoms. The Morgan fingerprint density at radius 1 is 1.35 bits per heavy atom. The molecule has 3 nitrogen and oxygen atoms in total. The first-order chi connectivity index (χ1) is 8.09. The normalized spacial score (nSPS) is 38.1. The maximum atomic E-state index is 12.4. The number of ether oxygens (including phenoxy) is 1. The number of halogens is 1. The van der Waals surface area contributed by atoms with E-state index in [1.165, 1.54) is 19.3 Å². The van der Waals surface area contributed by atoms with Gasteiger partial charge in [-0.25, -0.2) is 0 Å². The molecule has 0 aromatic carbocycles. The summed E-state index contributed by atoms with van der Waals surface area (Å²) in [5.41, 5.74) is 0. The largest absolute Gasteiger partial charge is 0.378 e. The van der Waals surface area contributed by atoms with E-state index in [-0.39, 0.29) is 17.9 Å². The van der Waals surface area contributed by atoms with Crippen molar-refractivity contribution in [1.29, 1.82) is 0 Å². The summed E-state index contributed by atoms with van der Waals surface area (Å²) in [5.74, 6) is 0.349. The highest BCUT2D eigenvalue weighted by Crippen LogP contribution is 2.30. The van der Waals surface area contributed by atoms with Crippen molar-refractivity contribution in [1.82, 2.24) is 4.90 Å². The van der Waals surface area contributed by atoms with Gasteiger partial charge >= 0.3 is 0 Å². The van der Waals surface area contributed by atoms with Crippen molar-refractivity contribution >= 4 is 21.8 Å². The second kappa shape index (κ2) is 5.70. The van der Waals surface area contributed by atoms with E-state index in [9.17, 15) is 4.79 Å². The molecule has 98 valence electrons. The molecule has 17 heavy (non-hydrogen) atoms. The van der Waals surface area contributed by atoms with E-state index in [2.05, 4.69) is 15.9 Å². The second-order valence-corrected chi connectivity index (χ2v) is 6.57. The van der Waals surface area contributed by atoms with Gasteiger partial charge in [-0.05, 0) is 26.2 Å². The van der Waals surface area contributed by atoms with Crippen molar-refractivity contribution in [3.05, 3.63) is 0 Å². The average Bonchev–Trinajstić information content (AvgIpc) is 2.75. The minimum absolute atomic E-state index is 0.0802. The maximum absolute atomic E-state index is 12.4. The number of carbonyl (C=O) groups is 1. The standard InChI is InChI=1S/C13H22BrNO2/c1-9-7-10(8-17-9)13(16)15(2)12-6-4-3-5-11(12)14/h9-12H,3-8H2,1-2H3. The lowest BCUT2D eigenvalue weighted by molar-refractivity contribution is -0.136. The number of carbonyl (C=O) groups excluding carboxylic acids is 1. The molecule has 4 atom stereocenters. The van der Waals surface area contributed by atoms with Crippen LogP contribution in [0.5, 0.6) is 0 Å². The molecule has 1 heterocycles. The van der Waals surface area contributed by atoms with Crippen LogP contribution in [0.4, 0.5) is 0 Å². The Morgan fingerprint density at radius 3 is 2.65 bits per heavy atom. The fourth-order valence-electron chi connectivity index (χ4n) is 2.94. The summed E-state index contributed by atoms with van der Waals surface area (Å²) in [6.45, 7) is 2.64. The van der Waals surface area contributed by atoms with Crippen molar-refractivity contribution in [3.63, 3.8) is 0 Å². The van der Waals surface area contributed by atoms with Gasteiger partial charge in [-0.1, -0.05) is 28.8 Å². The lowest BCUT2D eigenvalue weighted by Gasteiger charge is -2.36. The van der Waals surface area contributed by atoms with Gasteiger partial charge in [0.1, 0.15) is 0 Å². The minimum Gasteiger partial charge on any atom is -0.378 e. The van der Waals surface area contributed by atoms with Crippen molar-refractivity contribution in [3.8, 4) is 0 Å². The van der Waals surface area contributed by atoms with Gasteiger partial charge in [0.05, 0.1) is 18.6 Å². The van der Waals surface area contributed by atoms with Crippen LogP contribution in [-0.4, -0.2) is 41.4 Å². The van der Waals surface area contributed by atoms with E-state index in [0.29, 0.717) is 17.5 Å². The van der Waals surface area contributed by atoms with Crippen LogP contribution in [0.25, 0.3) is 0 Å². The summed E-state index contributed by atoms with van der Waals surface area (Å²) in [6, 6.07) is 0.368. The van der Waals surface area contributed by atoms with Gasteiger partial charge in [-0.2, -0.15) is 0 Å². The number of nitrogens with zero attached hydrogens (tertiary/aromatic N) is 1. The predicted molar refractivity (Wildman–Crippen MR) is 71.3 cm³/mol. The highest BCUT2D eigenvalue weighted by molar-refractivity contribution is 9.09. The number of hydrogen-bond donors (Lipinski definition) is 0. The van der Waals surface area contributed by atoms with Gasteiger partial charge < -0.3 is 9.64 Å². The van der Waals surface area contributed by atoms with Gasteiger partial charge in [0.15, 0.2) is 0 Å². The number of rotatable bonds is 2. The molecule has 1 aliphatic heterocycles. The zero-order valence-electron chi connectivity index (χ0n) is 10.7. The fraction of sp³-hybridized carbons (Fsp3) is 0.923. The molecule has 0 radical (unpaired) electrons. The predicted octanol–water partition coefficient (Wildman–Crippen LogP) is 2.58. The van der Waals surface area contributed by atoms with Gasteiger partial charge in [0.2, 0.25) is 5.91 Å². The molecular weight excluding hydrogens is 282 g/mol. The minimum atomic E-state index is 0.0802. The zero-order chi connectivity index (χ0) is 12.4. The van der Waals surface area contributed by atoms with Crippen LogP contribution in [-0.2, 0) is 9.53 Å². The van der Waals surface area contributed by atoms with E-state index in [1.54, 1.807) is 0 Å². The van der Waals surface area contributed by atoms with E-state index < -0.39 is 0 Å². The highest BCUT2D eigenvalue weighted by Gasteiger charge is 2.35. The monoisotopic (exact) mass is 303 g/mol. The van der Waals surface area contributed by atoms with Crippen LogP contribution in [0.3, 0.4) is 0 Å². The highest BCUT2D eigenvalue weighted by atomic mass is 79.9. The van der Waals surface area contributed by atoms with Crippen LogP contribution in [0.15, 0.2) is 0 Å². The Labute approximate surface area is 112 Å². The molecule has 1 amide bonds. The lowest BCUT2D eigenvalue weighted by Crippen LogP contribution is -2.46. The molecular formula is C13H22BrNO2. The Balaban J connectivity index is 1.94. The Bertz CT molecular complexity index is 285. The molecule has 0 aromatic rings. The molecule has 0 N–H and O–H groups in total. The topological polar surface area (TPSA) is 29.5 Å². The van der Waals surface area contributed by atoms with E-state index in [0.717, 1.165) is 12.8 Å². The maximum Gasteiger partial charge on any atom is 0.228 e. The first-order valence-corrected chi connectivity index (χ1v) is 7.53. The van der Waals surface area contributed by atoms with Gasteiger partial charge in [0, 0.05) is 17.9 Å². The number of hydrogen-bond acceptors (Lipinski definition) is 2. The van der Waals surface area contributed by atoms with Crippen molar-refractivity contribution in [2.75, 3.05) is 13.7 Å². The smallest absolute Gasteiger partial charge is 0.228 e. The first kappa shape index (κ1) is 13.3. The molecule has 0 aromatic heterocycles. The SMILES string of the molecule is CC1CC(C(=O)N(C)C2CCCCC2Br)CO1. The third kappa shape index (κ3) is 3.02. The fourth-order valence-corrected chi connectivity index (χ4v) is 3.89. The van der Waals surface area contributed by atoms with Crippen LogP contribution < -0.4 is 0 Å². The molecule has 1 saturated carbocycles. The summed E-state index contributed by atoms with van der Waals surface area (Å²) < 4.78 is 5.49. The number of alkyl halides is 1. The van der Waals surface area contributed by atoms with Crippen LogP contribution in [0, 0.1) is 5.92 Å². The Hall–Kier alpha value is -0.0900. The molecule has 2 aliphatic rings. The van der Waals surface area contributed by atoms with E-state index in [4.69, 9.17) is 4.74 Å². The first-order valence-electron chi connectivity index (χ1n) is 6.62. The Morgan fingerprint density at radius 2 is 2.06 bits per heavy atom. The van der Waals surface area contributed by atoms with Crippen LogP contribution in [0.2, 0.25) is 0 Å². The molecule has 2 fully saturated rings. The molecule has 4 heteroatoms. The average molecular weight is 304 g/mol. The summed E-state index contributed by atoms with van der Waals surface area (Å²) in [5, 5.41) is 0. The summed E-state index contributed by atoms with van der Waals surface area (Å²) in [7, 11) is 1.95. The second-order valence-electron chi connectivity index (χ2n) is 5.39. The lowest BCUT2D eigenvalue weighted by atomic mass is 9.93. The third-order valence-corrected chi connectivity index (χ3v) is 5.11. The van der Waals surface area contributed by atoms with E-state index >= 15 is 0 Å². The van der Waals surface area contributed by atoms with Gasteiger partial charge in [0.25, 0.3) is 0 Å². The summed E-state index contributed by atoms with van der Waals surface area (Å²) in [4.78, 5) is 14.8. The molecule has 1 aliphatic carbocycles. The zero-order valence-corrected chi connectivity index (χ0v) is 12.3. The molecule has 2 rings (SSSR count). The Kier molecular flexibility index (Phi) is 4.47. The molecule has 1 saturated heterocycles. The third-order valence-electron chi connectivity index (χ3n) is 4.04. The van der Waals surface area contributed by atoms with Crippen LogP contribution in [0.1, 0.15) is 39.0 Å². The number of amides is 1.